The van der Waals surface area contributed by atoms with Crippen molar-refractivity contribution in [3.05, 3.63) is 88.7 Å². The molecule has 0 bridgehead atoms. The van der Waals surface area contributed by atoms with E-state index in [4.69, 9.17) is 4.74 Å². The van der Waals surface area contributed by atoms with Gasteiger partial charge >= 0.3 is 12.4 Å². The van der Waals surface area contributed by atoms with Crippen molar-refractivity contribution in [1.82, 2.24) is 0 Å². The number of fused-ring (bicyclic) bond motifs is 1. The highest BCUT2D eigenvalue weighted by molar-refractivity contribution is 6.05. The van der Waals surface area contributed by atoms with Gasteiger partial charge in [0.2, 0.25) is 0 Å². The fourth-order valence-corrected chi connectivity index (χ4v) is 3.54. The first-order valence-electron chi connectivity index (χ1n) is 10.2. The number of carbonyl (C=O) groups is 2. The maximum Gasteiger partial charge on any atom is 0.416 e. The molecule has 1 heterocycles. The quantitative estimate of drug-likeness (QED) is 0.434. The first-order chi connectivity index (χ1) is 16.8. The Labute approximate surface area is 199 Å². The van der Waals surface area contributed by atoms with Gasteiger partial charge in [0.15, 0.2) is 6.61 Å². The van der Waals surface area contributed by atoms with Gasteiger partial charge < -0.3 is 15.0 Å². The molecule has 0 aliphatic carbocycles. The molecule has 0 atom stereocenters. The second kappa shape index (κ2) is 9.17. The Morgan fingerprint density at radius 2 is 1.56 bits per heavy atom. The summed E-state index contributed by atoms with van der Waals surface area (Å²) in [6.07, 6.45) is -10.2. The van der Waals surface area contributed by atoms with E-state index in [1.165, 1.54) is 41.3 Å². The number of halogens is 7. The Morgan fingerprint density at radius 1 is 0.917 bits per heavy atom. The van der Waals surface area contributed by atoms with E-state index in [0.717, 1.165) is 0 Å². The first-order valence-corrected chi connectivity index (χ1v) is 10.2. The highest BCUT2D eigenvalue weighted by Gasteiger charge is 2.37. The number of rotatable bonds is 4. The van der Waals surface area contributed by atoms with Gasteiger partial charge in [0.05, 0.1) is 23.4 Å². The van der Waals surface area contributed by atoms with Gasteiger partial charge in [-0.05, 0) is 36.4 Å². The van der Waals surface area contributed by atoms with Crippen molar-refractivity contribution < 1.29 is 45.1 Å². The number of nitrogens with zero attached hydrogens (tertiary/aromatic N) is 1. The maximum absolute atomic E-state index is 14.1. The Bertz CT molecular complexity index is 1300. The SMILES string of the molecule is O=C(Nc1ccc2c(c1)OCC(=O)N2Cc1ccccc1F)c1cc(C(F)(F)F)cc(C(F)(F)F)c1. The van der Waals surface area contributed by atoms with Gasteiger partial charge in [0, 0.05) is 22.9 Å². The van der Waals surface area contributed by atoms with E-state index in [-0.39, 0.29) is 35.3 Å². The molecule has 188 valence electrons. The van der Waals surface area contributed by atoms with E-state index in [9.17, 15) is 40.3 Å². The van der Waals surface area contributed by atoms with Crippen LogP contribution in [0.5, 0.6) is 5.75 Å². The monoisotopic (exact) mass is 512 g/mol. The lowest BCUT2D eigenvalue weighted by atomic mass is 10.0. The summed E-state index contributed by atoms with van der Waals surface area (Å²) in [5.74, 6) is -2.11. The van der Waals surface area contributed by atoms with Gasteiger partial charge in [-0.1, -0.05) is 18.2 Å². The molecule has 3 aromatic rings. The van der Waals surface area contributed by atoms with Gasteiger partial charge in [-0.3, -0.25) is 9.59 Å². The van der Waals surface area contributed by atoms with Crippen LogP contribution in [-0.2, 0) is 23.7 Å². The number of amides is 2. The molecule has 1 aliphatic heterocycles. The minimum Gasteiger partial charge on any atom is -0.481 e. The third kappa shape index (κ3) is 5.26. The molecular formula is C24H15F7N2O3. The number of hydrogen-bond donors (Lipinski definition) is 1. The molecule has 1 N–H and O–H groups in total. The van der Waals surface area contributed by atoms with Crippen molar-refractivity contribution in [2.45, 2.75) is 18.9 Å². The van der Waals surface area contributed by atoms with Crippen LogP contribution in [0, 0.1) is 5.82 Å². The zero-order chi connectivity index (χ0) is 26.3. The largest absolute Gasteiger partial charge is 0.481 e. The molecule has 0 saturated heterocycles. The van der Waals surface area contributed by atoms with Crippen LogP contribution in [0.4, 0.5) is 42.1 Å². The summed E-state index contributed by atoms with van der Waals surface area (Å²) in [7, 11) is 0. The lowest BCUT2D eigenvalue weighted by Crippen LogP contribution is -2.38. The molecule has 12 heteroatoms. The summed E-state index contributed by atoms with van der Waals surface area (Å²) in [6, 6.07) is 10.3. The number of nitrogens with one attached hydrogen (secondary N) is 1. The highest BCUT2D eigenvalue weighted by atomic mass is 19.4. The Morgan fingerprint density at radius 3 is 2.17 bits per heavy atom. The molecule has 0 radical (unpaired) electrons. The van der Waals surface area contributed by atoms with Crippen molar-refractivity contribution in [2.24, 2.45) is 0 Å². The summed E-state index contributed by atoms with van der Waals surface area (Å²) in [6.45, 7) is -0.514. The van der Waals surface area contributed by atoms with Crippen LogP contribution in [0.15, 0.2) is 60.7 Å². The van der Waals surface area contributed by atoms with Crippen LogP contribution >= 0.6 is 0 Å². The molecule has 3 aromatic carbocycles. The predicted octanol–water partition coefficient (Wildman–Crippen LogP) is 6.04. The summed E-state index contributed by atoms with van der Waals surface area (Å²) < 4.78 is 98.0. The smallest absolute Gasteiger partial charge is 0.416 e. The van der Waals surface area contributed by atoms with Crippen LogP contribution in [0.3, 0.4) is 0 Å². The van der Waals surface area contributed by atoms with E-state index in [1.54, 1.807) is 6.07 Å². The van der Waals surface area contributed by atoms with Crippen LogP contribution in [0.2, 0.25) is 0 Å². The Hall–Kier alpha value is -4.09. The van der Waals surface area contributed by atoms with Crippen molar-refractivity contribution in [3.8, 4) is 5.75 Å². The molecule has 4 rings (SSSR count). The molecule has 36 heavy (non-hydrogen) atoms. The third-order valence-corrected chi connectivity index (χ3v) is 5.30. The van der Waals surface area contributed by atoms with Gasteiger partial charge in [0.1, 0.15) is 11.6 Å². The molecular weight excluding hydrogens is 497 g/mol. The molecule has 0 fully saturated rings. The molecule has 0 unspecified atom stereocenters. The van der Waals surface area contributed by atoms with E-state index < -0.39 is 53.3 Å². The fourth-order valence-electron chi connectivity index (χ4n) is 3.54. The van der Waals surface area contributed by atoms with E-state index in [2.05, 4.69) is 5.32 Å². The number of ether oxygens (including phenoxy) is 1. The second-order valence-corrected chi connectivity index (χ2v) is 7.79. The van der Waals surface area contributed by atoms with Gasteiger partial charge in [-0.15, -0.1) is 0 Å². The number of benzene rings is 3. The summed E-state index contributed by atoms with van der Waals surface area (Å²) in [4.78, 5) is 26.2. The number of carbonyl (C=O) groups excluding carboxylic acids is 2. The lowest BCUT2D eigenvalue weighted by Gasteiger charge is -2.30. The second-order valence-electron chi connectivity index (χ2n) is 7.79. The Kier molecular flexibility index (Phi) is 6.37. The summed E-state index contributed by atoms with van der Waals surface area (Å²) in [5, 5.41) is 2.23. The standard InChI is InChI=1S/C24H15F7N2O3/c25-18-4-2-1-3-13(18)11-33-19-6-5-17(10-20(19)36-12-21(33)34)32-22(35)14-7-15(23(26,27)28)9-16(8-14)24(29,30)31/h1-10H,11-12H2,(H,32,35). The van der Waals surface area contributed by atoms with Crippen LogP contribution in [-0.4, -0.2) is 18.4 Å². The molecule has 1 aliphatic rings. The van der Waals surface area contributed by atoms with Crippen LogP contribution in [0.25, 0.3) is 0 Å². The maximum atomic E-state index is 14.1. The highest BCUT2D eigenvalue weighted by Crippen LogP contribution is 2.38. The van der Waals surface area contributed by atoms with Gasteiger partial charge in [-0.2, -0.15) is 26.3 Å². The average Bonchev–Trinajstić information content (AvgIpc) is 2.80. The predicted molar refractivity (Wildman–Crippen MR) is 114 cm³/mol. The van der Waals surface area contributed by atoms with E-state index in [0.29, 0.717) is 12.1 Å². The topological polar surface area (TPSA) is 58.6 Å². The van der Waals surface area contributed by atoms with Crippen LogP contribution in [0.1, 0.15) is 27.0 Å². The third-order valence-electron chi connectivity index (χ3n) is 5.30. The van der Waals surface area contributed by atoms with E-state index >= 15 is 0 Å². The minimum absolute atomic E-state index is 0.00934. The fraction of sp³-hybridized carbons (Fsp3) is 0.167. The first kappa shape index (κ1) is 25.0. The van der Waals surface area contributed by atoms with Crippen molar-refractivity contribution in [2.75, 3.05) is 16.8 Å². The zero-order valence-corrected chi connectivity index (χ0v) is 18.0. The molecule has 2 amide bonds. The van der Waals surface area contributed by atoms with Crippen molar-refractivity contribution in [1.29, 1.82) is 0 Å². The zero-order valence-electron chi connectivity index (χ0n) is 18.0. The van der Waals surface area contributed by atoms with E-state index in [1.807, 2.05) is 0 Å². The number of hydrogen-bond acceptors (Lipinski definition) is 3. The van der Waals surface area contributed by atoms with Gasteiger partial charge in [0.25, 0.3) is 11.8 Å². The van der Waals surface area contributed by atoms with Crippen LogP contribution < -0.4 is 15.0 Å². The summed E-state index contributed by atoms with van der Waals surface area (Å²) in [5.41, 5.74) is -3.64. The molecule has 5 nitrogen and oxygen atoms in total. The molecule has 0 saturated carbocycles. The molecule has 0 aromatic heterocycles. The molecule has 0 spiro atoms. The normalized spacial score (nSPS) is 13.8. The summed E-state index contributed by atoms with van der Waals surface area (Å²) >= 11 is 0. The van der Waals surface area contributed by atoms with Crippen molar-refractivity contribution in [3.63, 3.8) is 0 Å². The average molecular weight is 512 g/mol. The number of anilines is 2. The lowest BCUT2D eigenvalue weighted by molar-refractivity contribution is -0.143. The van der Waals surface area contributed by atoms with Crippen molar-refractivity contribution >= 4 is 23.2 Å². The number of alkyl halides is 6. The Balaban J connectivity index is 1.61. The van der Waals surface area contributed by atoms with Gasteiger partial charge in [-0.25, -0.2) is 4.39 Å². The minimum atomic E-state index is -5.11.